The summed E-state index contributed by atoms with van der Waals surface area (Å²) in [6, 6.07) is 8.92. The van der Waals surface area contributed by atoms with Crippen molar-refractivity contribution >= 4 is 39.7 Å². The first-order valence-corrected chi connectivity index (χ1v) is 6.52. The third kappa shape index (κ3) is 1.72. The molecule has 0 atom stereocenters. The lowest BCUT2D eigenvalue weighted by Crippen LogP contribution is -2.10. The molecule has 0 fully saturated rings. The molecule has 0 spiro atoms. The van der Waals surface area contributed by atoms with E-state index in [1.165, 1.54) is 6.07 Å². The fraction of sp³-hybridized carbons (Fsp3) is 0.125. The summed E-state index contributed by atoms with van der Waals surface area (Å²) in [5.41, 5.74) is 2.34. The number of methoxy groups -OCH3 is 2. The maximum absolute atomic E-state index is 12.3. The van der Waals surface area contributed by atoms with E-state index in [0.29, 0.717) is 11.5 Å². The second kappa shape index (κ2) is 5.03. The molecule has 0 aliphatic rings. The molecule has 0 N–H and O–H groups in total. The van der Waals surface area contributed by atoms with E-state index < -0.39 is 0 Å². The largest absolute Gasteiger partial charge is 0.493 e. The van der Waals surface area contributed by atoms with Crippen LogP contribution in [-0.2, 0) is 0 Å². The van der Waals surface area contributed by atoms with E-state index in [0.717, 1.165) is 27.3 Å². The molecule has 0 unspecified atom stereocenters. The van der Waals surface area contributed by atoms with Gasteiger partial charge < -0.3 is 9.47 Å². The average Bonchev–Trinajstić information content (AvgIpc) is 2.85. The Morgan fingerprint density at radius 3 is 2.45 bits per heavy atom. The van der Waals surface area contributed by atoms with E-state index in [-0.39, 0.29) is 18.0 Å². The first-order valence-electron chi connectivity index (χ1n) is 6.52. The van der Waals surface area contributed by atoms with Crippen LogP contribution in [0.1, 0.15) is 0 Å². The van der Waals surface area contributed by atoms with Crippen LogP contribution in [0.5, 0.6) is 11.5 Å². The van der Waals surface area contributed by atoms with Crippen molar-refractivity contribution < 1.29 is 9.47 Å². The Hall–Kier alpha value is -2.53. The summed E-state index contributed by atoms with van der Waals surface area (Å²) >= 11 is 0. The Morgan fingerprint density at radius 2 is 1.73 bits per heavy atom. The van der Waals surface area contributed by atoms with Gasteiger partial charge in [0.25, 0.3) is 5.56 Å². The van der Waals surface area contributed by atoms with E-state index in [2.05, 4.69) is 4.98 Å². The Kier molecular flexibility index (Phi) is 3.30. The Labute approximate surface area is 131 Å². The standard InChI is InChI=1S/C16H12N2O3.ClH/c1-20-13-7-10-9-5-6-17-11-3-4-15(19)18(16(9)11)12(10)8-14(13)21-2;/h3-8H,1-2H3;1H. The number of ether oxygens (including phenoxy) is 2. The van der Waals surface area contributed by atoms with Crippen molar-refractivity contribution in [2.24, 2.45) is 0 Å². The zero-order valence-electron chi connectivity index (χ0n) is 12.0. The zero-order chi connectivity index (χ0) is 14.6. The molecule has 112 valence electrons. The molecule has 0 saturated heterocycles. The molecule has 3 aromatic heterocycles. The first kappa shape index (κ1) is 14.4. The smallest absolute Gasteiger partial charge is 0.255 e. The molecule has 1 aromatic carbocycles. The number of fused-ring (bicyclic) bond motifs is 3. The van der Waals surface area contributed by atoms with Crippen LogP contribution in [0.15, 0.2) is 41.3 Å². The van der Waals surface area contributed by atoms with Crippen molar-refractivity contribution in [2.45, 2.75) is 0 Å². The predicted octanol–water partition coefficient (Wildman–Crippen LogP) is 2.88. The monoisotopic (exact) mass is 316 g/mol. The molecule has 3 heterocycles. The number of halogens is 1. The van der Waals surface area contributed by atoms with Crippen LogP contribution in [0.2, 0.25) is 0 Å². The third-order valence-corrected chi connectivity index (χ3v) is 3.81. The van der Waals surface area contributed by atoms with Crippen molar-refractivity contribution in [1.29, 1.82) is 0 Å². The highest BCUT2D eigenvalue weighted by Crippen LogP contribution is 2.37. The minimum atomic E-state index is -0.0808. The average molecular weight is 317 g/mol. The molecule has 0 radical (unpaired) electrons. The molecule has 22 heavy (non-hydrogen) atoms. The van der Waals surface area contributed by atoms with Crippen molar-refractivity contribution in [2.75, 3.05) is 14.2 Å². The number of hydrogen-bond acceptors (Lipinski definition) is 4. The zero-order valence-corrected chi connectivity index (χ0v) is 12.8. The number of hydrogen-bond donors (Lipinski definition) is 0. The van der Waals surface area contributed by atoms with Gasteiger partial charge in [0.1, 0.15) is 0 Å². The minimum absolute atomic E-state index is 0. The number of rotatable bonds is 2. The van der Waals surface area contributed by atoms with Gasteiger partial charge in [0.15, 0.2) is 11.5 Å². The Morgan fingerprint density at radius 1 is 1.00 bits per heavy atom. The van der Waals surface area contributed by atoms with Crippen LogP contribution < -0.4 is 15.0 Å². The van der Waals surface area contributed by atoms with Crippen molar-refractivity contribution in [3.8, 4) is 11.5 Å². The van der Waals surface area contributed by atoms with Crippen LogP contribution >= 0.6 is 12.4 Å². The summed E-state index contributed by atoms with van der Waals surface area (Å²) in [5, 5.41) is 1.93. The number of pyridine rings is 2. The summed E-state index contributed by atoms with van der Waals surface area (Å²) in [4.78, 5) is 16.6. The lowest BCUT2D eigenvalue weighted by atomic mass is 10.1. The first-order chi connectivity index (χ1) is 10.2. The molecule has 0 bridgehead atoms. The van der Waals surface area contributed by atoms with E-state index in [1.54, 1.807) is 30.9 Å². The van der Waals surface area contributed by atoms with Crippen LogP contribution in [0, 0.1) is 0 Å². The van der Waals surface area contributed by atoms with Crippen molar-refractivity contribution in [3.05, 3.63) is 46.9 Å². The fourth-order valence-corrected chi connectivity index (χ4v) is 2.89. The molecular formula is C16H13ClN2O3. The van der Waals surface area contributed by atoms with Crippen LogP contribution in [-0.4, -0.2) is 23.6 Å². The molecule has 5 nitrogen and oxygen atoms in total. The van der Waals surface area contributed by atoms with E-state index in [4.69, 9.17) is 9.47 Å². The molecule has 0 aliphatic heterocycles. The van der Waals surface area contributed by atoms with E-state index in [9.17, 15) is 4.79 Å². The number of nitrogens with zero attached hydrogens (tertiary/aromatic N) is 2. The van der Waals surface area contributed by atoms with Gasteiger partial charge in [-0.1, -0.05) is 0 Å². The second-order valence-electron chi connectivity index (χ2n) is 4.82. The van der Waals surface area contributed by atoms with Gasteiger partial charge in [0.2, 0.25) is 0 Å². The molecule has 0 saturated carbocycles. The Bertz CT molecular complexity index is 1040. The summed E-state index contributed by atoms with van der Waals surface area (Å²) < 4.78 is 12.4. The van der Waals surface area contributed by atoms with Crippen LogP contribution in [0.25, 0.3) is 27.3 Å². The SMILES string of the molecule is COc1cc2c3ccnc4ccc(=O)n(c2cc1OC)c43.Cl. The highest BCUT2D eigenvalue weighted by Gasteiger charge is 2.16. The van der Waals surface area contributed by atoms with Crippen LogP contribution in [0.3, 0.4) is 0 Å². The summed E-state index contributed by atoms with van der Waals surface area (Å²) in [6.45, 7) is 0. The molecule has 4 rings (SSSR count). The summed E-state index contributed by atoms with van der Waals surface area (Å²) in [6.07, 6.45) is 1.75. The summed E-state index contributed by atoms with van der Waals surface area (Å²) in [7, 11) is 3.18. The van der Waals surface area contributed by atoms with Crippen molar-refractivity contribution in [1.82, 2.24) is 9.38 Å². The Balaban J connectivity index is 0.00000144. The van der Waals surface area contributed by atoms with Crippen molar-refractivity contribution in [3.63, 3.8) is 0 Å². The molecule has 0 aliphatic carbocycles. The molecule has 0 amide bonds. The number of benzene rings is 1. The van der Waals surface area contributed by atoms with Gasteiger partial charge in [-0.25, -0.2) is 0 Å². The van der Waals surface area contributed by atoms with Gasteiger partial charge >= 0.3 is 0 Å². The highest BCUT2D eigenvalue weighted by atomic mass is 35.5. The molecule has 4 aromatic rings. The highest BCUT2D eigenvalue weighted by molar-refractivity contribution is 6.13. The topological polar surface area (TPSA) is 52.8 Å². The quantitative estimate of drug-likeness (QED) is 0.570. The normalized spacial score (nSPS) is 11.0. The lowest BCUT2D eigenvalue weighted by Gasteiger charge is -2.07. The predicted molar refractivity (Wildman–Crippen MR) is 88.0 cm³/mol. The van der Waals surface area contributed by atoms with Gasteiger partial charge in [-0.2, -0.15) is 0 Å². The van der Waals surface area contributed by atoms with Gasteiger partial charge in [-0.15, -0.1) is 12.4 Å². The van der Waals surface area contributed by atoms with Gasteiger partial charge in [0.05, 0.1) is 30.8 Å². The van der Waals surface area contributed by atoms with Gasteiger partial charge in [-0.05, 0) is 18.2 Å². The fourth-order valence-electron chi connectivity index (χ4n) is 2.89. The maximum atomic E-state index is 12.3. The molecule has 6 heteroatoms. The van der Waals surface area contributed by atoms with E-state index in [1.807, 2.05) is 18.2 Å². The summed E-state index contributed by atoms with van der Waals surface area (Å²) in [5.74, 6) is 1.24. The lowest BCUT2D eigenvalue weighted by molar-refractivity contribution is 0.356. The minimum Gasteiger partial charge on any atom is -0.493 e. The maximum Gasteiger partial charge on any atom is 0.255 e. The van der Waals surface area contributed by atoms with Crippen LogP contribution in [0.4, 0.5) is 0 Å². The van der Waals surface area contributed by atoms with Gasteiger partial charge in [-0.3, -0.25) is 14.2 Å². The van der Waals surface area contributed by atoms with E-state index >= 15 is 0 Å². The van der Waals surface area contributed by atoms with Gasteiger partial charge in [0, 0.05) is 29.1 Å². The third-order valence-electron chi connectivity index (χ3n) is 3.81. The molecular weight excluding hydrogens is 304 g/mol. The number of aromatic nitrogens is 2. The second-order valence-corrected chi connectivity index (χ2v) is 4.82.